The Bertz CT molecular complexity index is 660. The highest BCUT2D eigenvalue weighted by Crippen LogP contribution is 2.22. The van der Waals surface area contributed by atoms with Gasteiger partial charge in [-0.05, 0) is 44.1 Å². The van der Waals surface area contributed by atoms with Crippen LogP contribution in [-0.4, -0.2) is 55.9 Å². The molecule has 3 rings (SSSR count). The van der Waals surface area contributed by atoms with Crippen molar-refractivity contribution < 1.29 is 17.6 Å². The van der Waals surface area contributed by atoms with E-state index >= 15 is 0 Å². The summed E-state index contributed by atoms with van der Waals surface area (Å²) in [4.78, 5) is 14.3. The molecule has 0 aromatic carbocycles. The fraction of sp³-hybridized carbons (Fsp3) is 0.562. The van der Waals surface area contributed by atoms with Gasteiger partial charge in [0.05, 0.1) is 23.8 Å². The maximum Gasteiger partial charge on any atom is 0.244 e. The quantitative estimate of drug-likeness (QED) is 0.831. The largest absolute Gasteiger partial charge is 0.465 e. The highest BCUT2D eigenvalue weighted by atomic mass is 32.2. The lowest BCUT2D eigenvalue weighted by atomic mass is 10.0. The van der Waals surface area contributed by atoms with Crippen molar-refractivity contribution in [3.05, 3.63) is 30.2 Å². The summed E-state index contributed by atoms with van der Waals surface area (Å²) < 4.78 is 29.2. The van der Waals surface area contributed by atoms with Gasteiger partial charge in [-0.2, -0.15) is 0 Å². The van der Waals surface area contributed by atoms with Crippen LogP contribution >= 0.6 is 0 Å². The first-order valence-corrected chi connectivity index (χ1v) is 9.82. The summed E-state index contributed by atoms with van der Waals surface area (Å²) in [7, 11) is -3.10. The van der Waals surface area contributed by atoms with E-state index < -0.39 is 9.84 Å². The molecule has 1 amide bonds. The number of carbonyl (C=O) groups excluding carboxylic acids is 1. The van der Waals surface area contributed by atoms with Crippen LogP contribution in [-0.2, 0) is 14.6 Å². The lowest BCUT2D eigenvalue weighted by Gasteiger charge is -2.34. The zero-order valence-electron chi connectivity index (χ0n) is 13.0. The molecule has 0 radical (unpaired) electrons. The van der Waals surface area contributed by atoms with Crippen molar-refractivity contribution in [2.24, 2.45) is 0 Å². The minimum Gasteiger partial charge on any atom is -0.465 e. The zero-order valence-corrected chi connectivity index (χ0v) is 13.8. The van der Waals surface area contributed by atoms with Gasteiger partial charge in [0.25, 0.3) is 0 Å². The number of piperidine rings is 1. The fourth-order valence-electron chi connectivity index (χ4n) is 3.35. The molecule has 2 fully saturated rings. The van der Waals surface area contributed by atoms with Crippen LogP contribution in [0.4, 0.5) is 0 Å². The minimum absolute atomic E-state index is 0.0223. The summed E-state index contributed by atoms with van der Waals surface area (Å²) in [6.45, 7) is 1.82. The molecule has 23 heavy (non-hydrogen) atoms. The summed E-state index contributed by atoms with van der Waals surface area (Å²) in [6, 6.07) is 3.04. The maximum atomic E-state index is 12.1. The summed E-state index contributed by atoms with van der Waals surface area (Å²) in [5.41, 5.74) is 0. The number of rotatable bonds is 4. The van der Waals surface area contributed by atoms with Crippen LogP contribution in [0.1, 0.15) is 25.0 Å². The van der Waals surface area contributed by atoms with Crippen LogP contribution in [0.3, 0.4) is 0 Å². The summed E-state index contributed by atoms with van der Waals surface area (Å²) in [5, 5.41) is 2.86. The first kappa shape index (κ1) is 16.3. The van der Waals surface area contributed by atoms with Crippen molar-refractivity contribution in [3.63, 3.8) is 0 Å². The van der Waals surface area contributed by atoms with Crippen LogP contribution in [0.25, 0.3) is 6.08 Å². The lowest BCUT2D eigenvalue weighted by molar-refractivity contribution is -0.117. The third-order valence-corrected chi connectivity index (χ3v) is 6.17. The molecule has 126 valence electrons. The lowest BCUT2D eigenvalue weighted by Crippen LogP contribution is -2.52. The Morgan fingerprint density at radius 1 is 1.26 bits per heavy atom. The molecule has 1 aromatic rings. The average molecular weight is 338 g/mol. The van der Waals surface area contributed by atoms with Gasteiger partial charge >= 0.3 is 0 Å². The molecule has 2 aliphatic rings. The van der Waals surface area contributed by atoms with E-state index in [1.54, 1.807) is 18.2 Å². The molecule has 0 aliphatic carbocycles. The molecule has 3 heterocycles. The Morgan fingerprint density at radius 3 is 2.74 bits per heavy atom. The number of nitrogens with zero attached hydrogens (tertiary/aromatic N) is 1. The second-order valence-corrected chi connectivity index (χ2v) is 8.36. The second kappa shape index (κ2) is 6.88. The number of amides is 1. The van der Waals surface area contributed by atoms with Gasteiger partial charge in [0.2, 0.25) is 5.91 Å². The normalized spacial score (nSPS) is 28.2. The van der Waals surface area contributed by atoms with Gasteiger partial charge < -0.3 is 9.73 Å². The number of nitrogens with one attached hydrogen (secondary N) is 1. The SMILES string of the molecule is O=C(/C=C/c1ccco1)NC1CS(=O)(=O)CC1N1CCCCC1. The molecule has 1 aromatic heterocycles. The molecule has 6 nitrogen and oxygen atoms in total. The summed E-state index contributed by atoms with van der Waals surface area (Å²) in [5.74, 6) is 0.464. The van der Waals surface area contributed by atoms with Crippen LogP contribution in [0, 0.1) is 0 Å². The van der Waals surface area contributed by atoms with E-state index in [4.69, 9.17) is 4.42 Å². The molecule has 2 aliphatic heterocycles. The Morgan fingerprint density at radius 2 is 2.04 bits per heavy atom. The van der Waals surface area contributed by atoms with E-state index in [-0.39, 0.29) is 29.5 Å². The topological polar surface area (TPSA) is 79.6 Å². The Labute approximate surface area is 136 Å². The molecule has 0 spiro atoms. The summed E-state index contributed by atoms with van der Waals surface area (Å²) in [6.07, 6.45) is 7.88. The second-order valence-electron chi connectivity index (χ2n) is 6.20. The highest BCUT2D eigenvalue weighted by molar-refractivity contribution is 7.91. The number of likely N-dealkylation sites (tertiary alicyclic amines) is 1. The monoisotopic (exact) mass is 338 g/mol. The predicted octanol–water partition coefficient (Wildman–Crippen LogP) is 1.06. The van der Waals surface area contributed by atoms with Gasteiger partial charge in [0.1, 0.15) is 5.76 Å². The smallest absolute Gasteiger partial charge is 0.244 e. The first-order valence-electron chi connectivity index (χ1n) is 8.00. The van der Waals surface area contributed by atoms with E-state index in [2.05, 4.69) is 10.2 Å². The Balaban J connectivity index is 1.65. The molecule has 2 unspecified atom stereocenters. The van der Waals surface area contributed by atoms with Crippen molar-refractivity contribution in [2.45, 2.75) is 31.3 Å². The Hall–Kier alpha value is -1.60. The first-order chi connectivity index (χ1) is 11.0. The third-order valence-electron chi connectivity index (χ3n) is 4.45. The zero-order chi connectivity index (χ0) is 16.3. The number of carbonyl (C=O) groups is 1. The average Bonchev–Trinajstić information content (AvgIpc) is 3.13. The van der Waals surface area contributed by atoms with E-state index in [1.807, 2.05) is 0 Å². The molecule has 7 heteroatoms. The van der Waals surface area contributed by atoms with Crippen LogP contribution < -0.4 is 5.32 Å². The number of hydrogen-bond donors (Lipinski definition) is 1. The standard InChI is InChI=1S/C16H22N2O4S/c19-16(7-6-13-5-4-10-22-13)17-14-11-23(20,21)12-15(14)18-8-2-1-3-9-18/h4-7,10,14-15H,1-3,8-9,11-12H2,(H,17,19)/b7-6+. The third kappa shape index (κ3) is 4.23. The van der Waals surface area contributed by atoms with Gasteiger partial charge in [0, 0.05) is 12.1 Å². The molecule has 2 atom stereocenters. The molecule has 2 saturated heterocycles. The number of sulfone groups is 1. The molecular formula is C16H22N2O4S. The maximum absolute atomic E-state index is 12.1. The van der Waals surface area contributed by atoms with Crippen LogP contribution in [0.5, 0.6) is 0 Å². The van der Waals surface area contributed by atoms with Gasteiger partial charge in [-0.3, -0.25) is 9.69 Å². The Kier molecular flexibility index (Phi) is 4.87. The number of hydrogen-bond acceptors (Lipinski definition) is 5. The molecule has 0 saturated carbocycles. The van der Waals surface area contributed by atoms with Gasteiger partial charge in [-0.25, -0.2) is 8.42 Å². The van der Waals surface area contributed by atoms with E-state index in [9.17, 15) is 13.2 Å². The van der Waals surface area contributed by atoms with Crippen molar-refractivity contribution in [1.82, 2.24) is 10.2 Å². The van der Waals surface area contributed by atoms with E-state index in [0.717, 1.165) is 25.9 Å². The van der Waals surface area contributed by atoms with Crippen molar-refractivity contribution >= 4 is 21.8 Å². The molecule has 1 N–H and O–H groups in total. The highest BCUT2D eigenvalue weighted by Gasteiger charge is 2.41. The summed E-state index contributed by atoms with van der Waals surface area (Å²) >= 11 is 0. The number of furan rings is 1. The molecular weight excluding hydrogens is 316 g/mol. The van der Waals surface area contributed by atoms with Crippen molar-refractivity contribution in [2.75, 3.05) is 24.6 Å². The van der Waals surface area contributed by atoms with Crippen LogP contribution in [0.15, 0.2) is 28.9 Å². The van der Waals surface area contributed by atoms with E-state index in [1.165, 1.54) is 18.8 Å². The predicted molar refractivity (Wildman–Crippen MR) is 87.5 cm³/mol. The van der Waals surface area contributed by atoms with Crippen LogP contribution in [0.2, 0.25) is 0 Å². The van der Waals surface area contributed by atoms with Gasteiger partial charge in [0.15, 0.2) is 9.84 Å². The van der Waals surface area contributed by atoms with Gasteiger partial charge in [-0.15, -0.1) is 0 Å². The van der Waals surface area contributed by atoms with Crippen molar-refractivity contribution in [3.8, 4) is 0 Å². The van der Waals surface area contributed by atoms with E-state index in [0.29, 0.717) is 5.76 Å². The van der Waals surface area contributed by atoms with Crippen molar-refractivity contribution in [1.29, 1.82) is 0 Å². The molecule has 0 bridgehead atoms. The minimum atomic E-state index is -3.10. The van der Waals surface area contributed by atoms with Gasteiger partial charge in [-0.1, -0.05) is 6.42 Å². The fourth-order valence-corrected chi connectivity index (χ4v) is 5.30.